The number of methoxy groups -OCH3 is 1. The van der Waals surface area contributed by atoms with E-state index in [9.17, 15) is 35.4 Å². The summed E-state index contributed by atoms with van der Waals surface area (Å²) in [5.74, 6) is 1.81. The summed E-state index contributed by atoms with van der Waals surface area (Å²) in [6.07, 6.45) is -4.03. The second-order valence-electron chi connectivity index (χ2n) is 18.2. The molecule has 7 aliphatic rings. The van der Waals surface area contributed by atoms with E-state index in [2.05, 4.69) is 27.7 Å². The predicted octanol–water partition coefficient (Wildman–Crippen LogP) is 2.21. The first kappa shape index (κ1) is 40.1. The van der Waals surface area contributed by atoms with E-state index >= 15 is 0 Å². The molecule has 3 heterocycles. The lowest BCUT2D eigenvalue weighted by Crippen LogP contribution is -2.64. The molecule has 3 unspecified atom stereocenters. The summed E-state index contributed by atoms with van der Waals surface area (Å²) < 4.78 is 36.1. The van der Waals surface area contributed by atoms with Gasteiger partial charge in [-0.2, -0.15) is 0 Å². The molecule has 6 fully saturated rings. The number of rotatable bonds is 8. The summed E-state index contributed by atoms with van der Waals surface area (Å²) >= 11 is 0. The number of aliphatic hydroxyl groups excluding tert-OH is 6. The van der Waals surface area contributed by atoms with Crippen molar-refractivity contribution in [3.05, 3.63) is 11.6 Å². The highest BCUT2D eigenvalue weighted by molar-refractivity contribution is 5.94. The highest BCUT2D eigenvalue weighted by atomic mass is 16.8. The molecule has 302 valence electrons. The van der Waals surface area contributed by atoms with Gasteiger partial charge >= 0.3 is 0 Å². The van der Waals surface area contributed by atoms with Crippen LogP contribution in [0.5, 0.6) is 0 Å². The third kappa shape index (κ3) is 6.90. The van der Waals surface area contributed by atoms with Crippen LogP contribution in [0.1, 0.15) is 92.4 Å². The lowest BCUT2D eigenvalue weighted by atomic mass is 9.47. The van der Waals surface area contributed by atoms with Crippen molar-refractivity contribution >= 4 is 5.78 Å². The van der Waals surface area contributed by atoms with Crippen LogP contribution in [0.15, 0.2) is 11.6 Å². The van der Waals surface area contributed by atoms with Crippen LogP contribution in [-0.4, -0.2) is 130 Å². The van der Waals surface area contributed by atoms with Gasteiger partial charge in [0.2, 0.25) is 0 Å². The Labute approximate surface area is 313 Å². The molecule has 53 heavy (non-hydrogen) atoms. The van der Waals surface area contributed by atoms with Gasteiger partial charge in [0.15, 0.2) is 24.7 Å². The number of fused-ring (bicyclic) bond motifs is 5. The van der Waals surface area contributed by atoms with Crippen LogP contribution in [0.25, 0.3) is 0 Å². The molecule has 4 aliphatic carbocycles. The van der Waals surface area contributed by atoms with Gasteiger partial charge in [0.25, 0.3) is 0 Å². The SMILES string of the molecule is COC1OC([C@@H](C)[C@H]2CC[C@H]3C4=CC(=O)[C@H]5C[C@@H](O[C@@H]6O[C@H](CO)[C@@H](O)[C@H](O)[C@H]6O[C@@H]6O[C@@H](C)[C@H](O)[C@@H](O)[C@H]6O)CC[C@]5(C)[C@H]4CC[C@]23C)CCC1C. The molecule has 0 bridgehead atoms. The summed E-state index contributed by atoms with van der Waals surface area (Å²) in [6.45, 7) is 10.2. The predicted molar refractivity (Wildman–Crippen MR) is 189 cm³/mol. The van der Waals surface area contributed by atoms with Crippen molar-refractivity contribution in [2.75, 3.05) is 13.7 Å². The first-order valence-corrected chi connectivity index (χ1v) is 20.2. The highest BCUT2D eigenvalue weighted by Crippen LogP contribution is 2.67. The summed E-state index contributed by atoms with van der Waals surface area (Å²) in [4.78, 5) is 14.2. The second kappa shape index (κ2) is 15.4. The molecule has 13 nitrogen and oxygen atoms in total. The molecular formula is C40H64O13. The fourth-order valence-corrected chi connectivity index (χ4v) is 12.0. The van der Waals surface area contributed by atoms with Crippen molar-refractivity contribution in [3.63, 3.8) is 0 Å². The Balaban J connectivity index is 1.06. The van der Waals surface area contributed by atoms with Gasteiger partial charge in [-0.1, -0.05) is 33.3 Å². The van der Waals surface area contributed by atoms with Gasteiger partial charge in [-0.05, 0) is 105 Å². The number of hydrogen-bond acceptors (Lipinski definition) is 13. The fraction of sp³-hybridized carbons (Fsp3) is 0.925. The molecule has 13 heteroatoms. The average Bonchev–Trinajstić information content (AvgIpc) is 3.50. The lowest BCUT2D eigenvalue weighted by molar-refractivity contribution is -0.370. The number of hydrogen-bond donors (Lipinski definition) is 6. The van der Waals surface area contributed by atoms with E-state index in [1.807, 2.05) is 6.08 Å². The maximum Gasteiger partial charge on any atom is 0.187 e. The molecule has 6 N–H and O–H groups in total. The van der Waals surface area contributed by atoms with Gasteiger partial charge in [0.1, 0.15) is 42.7 Å². The second-order valence-corrected chi connectivity index (χ2v) is 18.2. The van der Waals surface area contributed by atoms with Gasteiger partial charge in [-0.3, -0.25) is 4.79 Å². The van der Waals surface area contributed by atoms with Crippen molar-refractivity contribution < 1.29 is 63.9 Å². The zero-order chi connectivity index (χ0) is 38.1. The average molecular weight is 753 g/mol. The topological polar surface area (TPSA) is 194 Å². The molecule has 0 aromatic heterocycles. The number of carbonyl (C=O) groups is 1. The van der Waals surface area contributed by atoms with Crippen LogP contribution >= 0.6 is 0 Å². The summed E-state index contributed by atoms with van der Waals surface area (Å²) in [5, 5.41) is 62.9. The molecular weight excluding hydrogens is 688 g/mol. The number of ketones is 1. The van der Waals surface area contributed by atoms with Gasteiger partial charge in [-0.25, -0.2) is 0 Å². The van der Waals surface area contributed by atoms with Crippen molar-refractivity contribution in [2.24, 2.45) is 46.3 Å². The Bertz CT molecular complexity index is 1350. The minimum Gasteiger partial charge on any atom is -0.394 e. The number of carbonyl (C=O) groups excluding carboxylic acids is 1. The van der Waals surface area contributed by atoms with Gasteiger partial charge in [-0.15, -0.1) is 0 Å². The maximum absolute atomic E-state index is 14.2. The van der Waals surface area contributed by atoms with Crippen LogP contribution < -0.4 is 0 Å². The Morgan fingerprint density at radius 2 is 1.49 bits per heavy atom. The van der Waals surface area contributed by atoms with Crippen molar-refractivity contribution in [1.82, 2.24) is 0 Å². The molecule has 7 rings (SSSR count). The zero-order valence-corrected chi connectivity index (χ0v) is 32.2. The quantitative estimate of drug-likeness (QED) is 0.212. The standard InChI is InChI=1S/C40H64O13/c1-18-7-10-28(51-36(18)48-6)19(2)23-8-9-24-22-16-27(42)26-15-21(11-13-40(26,5)25(22)12-14-39(23,24)4)50-38-35(33(46)31(44)29(17-41)52-38)53-37-34(47)32(45)30(43)20(3)49-37/h16,18-21,23-26,28-38,41,43-47H,7-15,17H2,1-6H3/t18?,19-,20-,21-,23+,24-,25-,26+,28?,29+,30-,31+,32+,33-,34+,35+,36?,37-,38+,39+,40+/m0/s1. The van der Waals surface area contributed by atoms with Gasteiger partial charge in [0.05, 0.1) is 24.9 Å². The summed E-state index contributed by atoms with van der Waals surface area (Å²) in [7, 11) is 1.74. The molecule has 0 amide bonds. The molecule has 3 aliphatic heterocycles. The van der Waals surface area contributed by atoms with Crippen molar-refractivity contribution in [2.45, 2.75) is 172 Å². The third-order valence-corrected chi connectivity index (χ3v) is 15.3. The molecule has 0 radical (unpaired) electrons. The van der Waals surface area contributed by atoms with Crippen LogP contribution in [0.4, 0.5) is 0 Å². The Morgan fingerprint density at radius 1 is 0.774 bits per heavy atom. The van der Waals surface area contributed by atoms with E-state index in [-0.39, 0.29) is 34.9 Å². The van der Waals surface area contributed by atoms with E-state index in [0.717, 1.165) is 44.9 Å². The Morgan fingerprint density at radius 3 is 2.21 bits per heavy atom. The molecule has 0 aromatic rings. The Hall–Kier alpha value is -1.07. The first-order valence-electron chi connectivity index (χ1n) is 20.2. The molecule has 21 atom stereocenters. The van der Waals surface area contributed by atoms with Crippen LogP contribution in [0.2, 0.25) is 0 Å². The molecule has 3 saturated heterocycles. The summed E-state index contributed by atoms with van der Waals surface area (Å²) in [6, 6.07) is 0. The van der Waals surface area contributed by atoms with Crippen molar-refractivity contribution in [3.8, 4) is 0 Å². The van der Waals surface area contributed by atoms with Gasteiger partial charge < -0.3 is 59.1 Å². The molecule has 3 saturated carbocycles. The van der Waals surface area contributed by atoms with Crippen LogP contribution in [0, 0.1) is 46.3 Å². The number of allylic oxidation sites excluding steroid dienone is 2. The Kier molecular flexibility index (Phi) is 11.6. The first-order chi connectivity index (χ1) is 25.1. The van der Waals surface area contributed by atoms with E-state index < -0.39 is 74.1 Å². The maximum atomic E-state index is 14.2. The molecule has 0 aromatic carbocycles. The van der Waals surface area contributed by atoms with E-state index in [0.29, 0.717) is 42.4 Å². The smallest absolute Gasteiger partial charge is 0.187 e. The van der Waals surface area contributed by atoms with Crippen LogP contribution in [0.3, 0.4) is 0 Å². The van der Waals surface area contributed by atoms with E-state index in [1.54, 1.807) is 7.11 Å². The molecule has 0 spiro atoms. The minimum absolute atomic E-state index is 0.101. The van der Waals surface area contributed by atoms with Crippen LogP contribution in [-0.2, 0) is 33.2 Å². The monoisotopic (exact) mass is 752 g/mol. The van der Waals surface area contributed by atoms with Crippen molar-refractivity contribution in [1.29, 1.82) is 0 Å². The largest absolute Gasteiger partial charge is 0.394 e. The van der Waals surface area contributed by atoms with E-state index in [4.69, 9.17) is 28.4 Å². The highest BCUT2D eigenvalue weighted by Gasteiger charge is 2.61. The third-order valence-electron chi connectivity index (χ3n) is 15.3. The zero-order valence-electron chi connectivity index (χ0n) is 32.2. The fourth-order valence-electron chi connectivity index (χ4n) is 12.0. The minimum atomic E-state index is -1.65. The normalized spacial score (nSPS) is 53.7. The lowest BCUT2D eigenvalue weighted by Gasteiger charge is -2.57. The number of ether oxygens (including phenoxy) is 6. The van der Waals surface area contributed by atoms with E-state index in [1.165, 1.54) is 12.5 Å². The number of aliphatic hydroxyl groups is 6. The van der Waals surface area contributed by atoms with Gasteiger partial charge in [0, 0.05) is 18.9 Å². The summed E-state index contributed by atoms with van der Waals surface area (Å²) in [5.41, 5.74) is 1.20.